The largest absolute Gasteiger partial charge is 1.00 e. The van der Waals surface area contributed by atoms with E-state index in [0.29, 0.717) is 25.1 Å². The van der Waals surface area contributed by atoms with Crippen molar-refractivity contribution in [3.8, 4) is 5.95 Å². The van der Waals surface area contributed by atoms with Gasteiger partial charge in [0.05, 0.1) is 25.6 Å². The van der Waals surface area contributed by atoms with Crippen LogP contribution in [-0.2, 0) is 4.74 Å². The van der Waals surface area contributed by atoms with Crippen LogP contribution in [-0.4, -0.2) is 41.3 Å². The van der Waals surface area contributed by atoms with E-state index in [1.165, 1.54) is 0 Å². The summed E-state index contributed by atoms with van der Waals surface area (Å²) in [6, 6.07) is 2.10. The Morgan fingerprint density at radius 1 is 1.09 bits per heavy atom. The number of anilines is 1. The second-order valence-corrected chi connectivity index (χ2v) is 5.44. The molecule has 0 amide bonds. The van der Waals surface area contributed by atoms with E-state index >= 15 is 0 Å². The number of hydrogen-bond acceptors (Lipinski definition) is 5. The summed E-state index contributed by atoms with van der Waals surface area (Å²) in [7, 11) is 0. The van der Waals surface area contributed by atoms with Crippen molar-refractivity contribution in [2.24, 2.45) is 0 Å². The Morgan fingerprint density at radius 2 is 1.73 bits per heavy atom. The third-order valence-electron chi connectivity index (χ3n) is 3.25. The molecule has 118 valence electrons. The number of aryl methyl sites for hydroxylation is 2. The van der Waals surface area contributed by atoms with Crippen molar-refractivity contribution in [1.29, 1.82) is 0 Å². The monoisotopic (exact) mass is 341 g/mol. The van der Waals surface area contributed by atoms with E-state index in [9.17, 15) is 0 Å². The molecule has 0 unspecified atom stereocenters. The Hall–Kier alpha value is -1.50. The Balaban J connectivity index is 0.00000176. The maximum Gasteiger partial charge on any atom is 0.444 e. The molecule has 0 bridgehead atoms. The Morgan fingerprint density at radius 3 is 2.36 bits per heavy atom. The minimum absolute atomic E-state index is 0. The zero-order chi connectivity index (χ0) is 14.8. The fourth-order valence-corrected chi connectivity index (χ4v) is 2.53. The van der Waals surface area contributed by atoms with Gasteiger partial charge >= 0.3 is 17.2 Å². The molecule has 3 heterocycles. The molecule has 0 aliphatic carbocycles. The first-order valence-electron chi connectivity index (χ1n) is 6.86. The second-order valence-electron chi connectivity index (χ2n) is 5.10. The minimum Gasteiger partial charge on any atom is -1.00 e. The number of nitrogens with zero attached hydrogens (tertiary/aromatic N) is 5. The molecule has 1 fully saturated rings. The van der Waals surface area contributed by atoms with Crippen LogP contribution in [0.2, 0.25) is 5.28 Å². The average molecular weight is 342 g/mol. The maximum absolute atomic E-state index is 6.07. The first kappa shape index (κ1) is 16.9. The zero-order valence-corrected chi connectivity index (χ0v) is 14.0. The predicted molar refractivity (Wildman–Crippen MR) is 78.9 cm³/mol. The minimum atomic E-state index is 0. The van der Waals surface area contributed by atoms with Crippen LogP contribution < -0.4 is 21.9 Å². The summed E-state index contributed by atoms with van der Waals surface area (Å²) in [5.41, 5.74) is 2.28. The first-order chi connectivity index (χ1) is 10.1. The smallest absolute Gasteiger partial charge is 0.444 e. The van der Waals surface area contributed by atoms with Gasteiger partial charge in [0.15, 0.2) is 0 Å². The third kappa shape index (κ3) is 3.82. The molecule has 22 heavy (non-hydrogen) atoms. The number of hydrogen-bond donors (Lipinski definition) is 0. The van der Waals surface area contributed by atoms with Crippen LogP contribution >= 0.6 is 11.6 Å². The summed E-state index contributed by atoms with van der Waals surface area (Å²) in [6.45, 7) is 6.95. The van der Waals surface area contributed by atoms with Gasteiger partial charge in [-0.1, -0.05) is 6.07 Å². The van der Waals surface area contributed by atoms with Crippen molar-refractivity contribution in [3.63, 3.8) is 0 Å². The van der Waals surface area contributed by atoms with E-state index in [4.69, 9.17) is 16.3 Å². The van der Waals surface area contributed by atoms with E-state index < -0.39 is 0 Å². The van der Waals surface area contributed by atoms with Gasteiger partial charge in [-0.05, 0) is 46.5 Å². The number of ether oxygens (including phenoxy) is 1. The summed E-state index contributed by atoms with van der Waals surface area (Å²) in [4.78, 5) is 15.1. The van der Waals surface area contributed by atoms with Crippen molar-refractivity contribution in [3.05, 3.63) is 34.9 Å². The average Bonchev–Trinajstić information content (AvgIpc) is 2.46. The molecule has 0 saturated carbocycles. The number of aromatic nitrogens is 4. The number of rotatable bonds is 2. The summed E-state index contributed by atoms with van der Waals surface area (Å²) in [5.74, 6) is 1.13. The Labute approximate surface area is 140 Å². The van der Waals surface area contributed by atoms with Gasteiger partial charge in [-0.2, -0.15) is 4.98 Å². The molecule has 0 spiro atoms. The van der Waals surface area contributed by atoms with Crippen LogP contribution in [0, 0.1) is 13.8 Å². The molecule has 1 aliphatic rings. The SMILES string of the molecule is Cc1cc(C)c[n+](-c2nc(Cl)nc(N3CCOCC3)n2)c1.[Cl-]. The standard InChI is InChI=1S/C14H17ClN5O.ClH/c1-10-7-11(2)9-20(8-10)14-17-12(15)16-13(18-14)19-3-5-21-6-4-19;/h7-9H,3-6H2,1-2H3;1H/q+1;/p-1. The van der Waals surface area contributed by atoms with Gasteiger partial charge in [-0.3, -0.25) is 0 Å². The van der Waals surface area contributed by atoms with E-state index in [0.717, 1.165) is 24.2 Å². The Bertz CT molecular complexity index is 641. The highest BCUT2D eigenvalue weighted by Gasteiger charge is 2.22. The molecule has 3 rings (SSSR count). The van der Waals surface area contributed by atoms with E-state index in [2.05, 4.69) is 25.9 Å². The fraction of sp³-hybridized carbons (Fsp3) is 0.429. The highest BCUT2D eigenvalue weighted by Crippen LogP contribution is 2.13. The lowest BCUT2D eigenvalue weighted by atomic mass is 10.2. The maximum atomic E-state index is 6.07. The van der Waals surface area contributed by atoms with Gasteiger partial charge in [-0.15, -0.1) is 0 Å². The van der Waals surface area contributed by atoms with Gasteiger partial charge in [0.25, 0.3) is 0 Å². The molecule has 0 aromatic carbocycles. The number of halogens is 2. The normalized spacial score (nSPS) is 14.6. The molecule has 0 radical (unpaired) electrons. The lowest BCUT2D eigenvalue weighted by molar-refractivity contribution is -0.604. The van der Waals surface area contributed by atoms with Crippen molar-refractivity contribution >= 4 is 17.5 Å². The molecule has 6 nitrogen and oxygen atoms in total. The molecular formula is C14H17Cl2N5O. The number of morpholine rings is 1. The van der Waals surface area contributed by atoms with Crippen LogP contribution in [0.3, 0.4) is 0 Å². The van der Waals surface area contributed by atoms with E-state index in [1.54, 1.807) is 0 Å². The molecule has 1 saturated heterocycles. The highest BCUT2D eigenvalue weighted by molar-refractivity contribution is 6.28. The summed E-state index contributed by atoms with van der Waals surface area (Å²) in [6.07, 6.45) is 3.95. The van der Waals surface area contributed by atoms with Gasteiger partial charge in [0, 0.05) is 13.1 Å². The molecule has 2 aromatic heterocycles. The number of pyridine rings is 1. The van der Waals surface area contributed by atoms with Crippen molar-refractivity contribution in [1.82, 2.24) is 15.0 Å². The van der Waals surface area contributed by atoms with Crippen LogP contribution in [0.25, 0.3) is 5.95 Å². The van der Waals surface area contributed by atoms with Crippen molar-refractivity contribution in [2.75, 3.05) is 31.2 Å². The van der Waals surface area contributed by atoms with Gasteiger partial charge in [-0.25, -0.2) is 4.57 Å². The van der Waals surface area contributed by atoms with Gasteiger partial charge in [0.1, 0.15) is 0 Å². The van der Waals surface area contributed by atoms with Crippen LogP contribution in [0.15, 0.2) is 18.5 Å². The van der Waals surface area contributed by atoms with Crippen LogP contribution in [0.5, 0.6) is 0 Å². The van der Waals surface area contributed by atoms with Gasteiger partial charge in [0.2, 0.25) is 0 Å². The summed E-state index contributed by atoms with van der Waals surface area (Å²) < 4.78 is 7.22. The van der Waals surface area contributed by atoms with Crippen LogP contribution in [0.4, 0.5) is 5.95 Å². The lowest BCUT2D eigenvalue weighted by Gasteiger charge is -2.24. The molecule has 8 heteroatoms. The molecular weight excluding hydrogens is 325 g/mol. The molecule has 0 atom stereocenters. The fourth-order valence-electron chi connectivity index (χ4n) is 2.37. The van der Waals surface area contributed by atoms with Gasteiger partial charge < -0.3 is 22.0 Å². The van der Waals surface area contributed by atoms with Crippen LogP contribution in [0.1, 0.15) is 11.1 Å². The van der Waals surface area contributed by atoms with E-state index in [1.807, 2.05) is 30.8 Å². The zero-order valence-electron chi connectivity index (χ0n) is 12.5. The molecule has 1 aliphatic heterocycles. The topological polar surface area (TPSA) is 55.0 Å². The Kier molecular flexibility index (Phi) is 5.50. The summed E-state index contributed by atoms with van der Waals surface area (Å²) >= 11 is 6.07. The quantitative estimate of drug-likeness (QED) is 0.607. The van der Waals surface area contributed by atoms with Crippen molar-refractivity contribution in [2.45, 2.75) is 13.8 Å². The highest BCUT2D eigenvalue weighted by atomic mass is 35.5. The van der Waals surface area contributed by atoms with E-state index in [-0.39, 0.29) is 17.7 Å². The third-order valence-corrected chi connectivity index (χ3v) is 3.42. The molecule has 2 aromatic rings. The summed E-state index contributed by atoms with van der Waals surface area (Å²) in [5, 5.41) is 0.202. The lowest BCUT2D eigenvalue weighted by Crippen LogP contribution is -3.00. The predicted octanol–water partition coefficient (Wildman–Crippen LogP) is -1.74. The molecule has 0 N–H and O–H groups in total. The van der Waals surface area contributed by atoms with Crippen molar-refractivity contribution < 1.29 is 21.7 Å². The first-order valence-corrected chi connectivity index (χ1v) is 7.24. The second kappa shape index (κ2) is 7.17.